The lowest BCUT2D eigenvalue weighted by molar-refractivity contribution is -0.0193. The summed E-state index contributed by atoms with van der Waals surface area (Å²) in [7, 11) is 0. The fourth-order valence-electron chi connectivity index (χ4n) is 1.23. The van der Waals surface area contributed by atoms with Crippen LogP contribution in [0.3, 0.4) is 0 Å². The third-order valence-electron chi connectivity index (χ3n) is 2.52. The fourth-order valence-corrected chi connectivity index (χ4v) is 1.23. The minimum Gasteiger partial charge on any atom is -0.379 e. The molecule has 4 nitrogen and oxygen atoms in total. The van der Waals surface area contributed by atoms with E-state index in [0.717, 1.165) is 6.42 Å². The van der Waals surface area contributed by atoms with Crippen LogP contribution in [0.4, 0.5) is 0 Å². The van der Waals surface area contributed by atoms with Crippen molar-refractivity contribution in [1.82, 2.24) is 0 Å². The summed E-state index contributed by atoms with van der Waals surface area (Å²) in [6, 6.07) is 0.178. The minimum atomic E-state index is 0.0593. The van der Waals surface area contributed by atoms with Crippen LogP contribution in [0.25, 0.3) is 0 Å². The Hall–Kier alpha value is -0.160. The molecule has 0 heterocycles. The summed E-state index contributed by atoms with van der Waals surface area (Å²) in [6.07, 6.45) is 1.02. The van der Waals surface area contributed by atoms with Crippen LogP contribution in [0.1, 0.15) is 34.1 Å². The summed E-state index contributed by atoms with van der Waals surface area (Å²) < 4.78 is 11.1. The Kier molecular flexibility index (Phi) is 7.93. The first-order chi connectivity index (χ1) is 7.39. The first kappa shape index (κ1) is 15.8. The van der Waals surface area contributed by atoms with Crippen molar-refractivity contribution in [1.29, 1.82) is 0 Å². The van der Waals surface area contributed by atoms with Gasteiger partial charge in [-0.15, -0.1) is 0 Å². The Morgan fingerprint density at radius 1 is 1.00 bits per heavy atom. The van der Waals surface area contributed by atoms with Crippen LogP contribution in [-0.2, 0) is 9.47 Å². The van der Waals surface area contributed by atoms with E-state index in [9.17, 15) is 0 Å². The maximum absolute atomic E-state index is 5.63. The SMILES string of the molecule is CCC(C)(COCC(C)N)COCC(C)N. The van der Waals surface area contributed by atoms with Crippen molar-refractivity contribution in [2.45, 2.75) is 46.2 Å². The molecule has 0 aliphatic carbocycles. The zero-order valence-corrected chi connectivity index (χ0v) is 11.2. The van der Waals surface area contributed by atoms with Gasteiger partial charge in [-0.05, 0) is 20.3 Å². The van der Waals surface area contributed by atoms with Crippen LogP contribution in [0.5, 0.6) is 0 Å². The molecule has 0 bridgehead atoms. The third kappa shape index (κ3) is 8.05. The molecule has 98 valence electrons. The van der Waals surface area contributed by atoms with E-state index < -0.39 is 0 Å². The monoisotopic (exact) mass is 232 g/mol. The molecule has 0 aromatic rings. The molecule has 0 aromatic heterocycles. The Bertz CT molecular complexity index is 158. The normalized spacial score (nSPS) is 19.1. The summed E-state index contributed by atoms with van der Waals surface area (Å²) in [6.45, 7) is 10.8. The van der Waals surface area contributed by atoms with Crippen LogP contribution in [0.15, 0.2) is 0 Å². The lowest BCUT2D eigenvalue weighted by Crippen LogP contribution is -2.33. The average Bonchev–Trinajstić information content (AvgIpc) is 2.16. The van der Waals surface area contributed by atoms with Crippen LogP contribution in [0, 0.1) is 5.41 Å². The number of hydrogen-bond donors (Lipinski definition) is 2. The minimum absolute atomic E-state index is 0.0593. The Morgan fingerprint density at radius 2 is 1.38 bits per heavy atom. The van der Waals surface area contributed by atoms with Gasteiger partial charge in [0.05, 0.1) is 26.4 Å². The highest BCUT2D eigenvalue weighted by Gasteiger charge is 2.23. The van der Waals surface area contributed by atoms with Crippen molar-refractivity contribution in [3.05, 3.63) is 0 Å². The second-order valence-electron chi connectivity index (χ2n) is 5.15. The van der Waals surface area contributed by atoms with E-state index in [1.165, 1.54) is 0 Å². The highest BCUT2D eigenvalue weighted by Crippen LogP contribution is 2.22. The van der Waals surface area contributed by atoms with Gasteiger partial charge in [-0.25, -0.2) is 0 Å². The topological polar surface area (TPSA) is 70.5 Å². The van der Waals surface area contributed by atoms with E-state index in [2.05, 4.69) is 13.8 Å². The van der Waals surface area contributed by atoms with Gasteiger partial charge in [0.15, 0.2) is 0 Å². The second-order valence-corrected chi connectivity index (χ2v) is 5.15. The van der Waals surface area contributed by atoms with Crippen LogP contribution >= 0.6 is 0 Å². The van der Waals surface area contributed by atoms with Crippen molar-refractivity contribution >= 4 is 0 Å². The predicted molar refractivity (Wildman–Crippen MR) is 67.3 cm³/mol. The quantitative estimate of drug-likeness (QED) is 0.625. The smallest absolute Gasteiger partial charge is 0.0615 e. The molecule has 4 heteroatoms. The van der Waals surface area contributed by atoms with Gasteiger partial charge in [-0.2, -0.15) is 0 Å². The highest BCUT2D eigenvalue weighted by atomic mass is 16.5. The van der Waals surface area contributed by atoms with Crippen molar-refractivity contribution in [3.63, 3.8) is 0 Å². The molecule has 2 unspecified atom stereocenters. The molecule has 0 spiro atoms. The number of ether oxygens (including phenoxy) is 2. The molecule has 0 saturated carbocycles. The standard InChI is InChI=1S/C12H28N2O2/c1-5-12(4,8-15-6-10(2)13)9-16-7-11(3)14/h10-11H,5-9,13-14H2,1-4H3. The van der Waals surface area contributed by atoms with Crippen LogP contribution < -0.4 is 11.5 Å². The van der Waals surface area contributed by atoms with Gasteiger partial charge in [-0.1, -0.05) is 13.8 Å². The first-order valence-electron chi connectivity index (χ1n) is 6.06. The van der Waals surface area contributed by atoms with Crippen molar-refractivity contribution in [2.75, 3.05) is 26.4 Å². The van der Waals surface area contributed by atoms with E-state index >= 15 is 0 Å². The average molecular weight is 232 g/mol. The molecule has 0 amide bonds. The van der Waals surface area contributed by atoms with Gasteiger partial charge in [0.1, 0.15) is 0 Å². The molecule has 0 fully saturated rings. The second kappa shape index (κ2) is 8.01. The summed E-state index contributed by atoms with van der Waals surface area (Å²) in [4.78, 5) is 0. The number of hydrogen-bond acceptors (Lipinski definition) is 4. The van der Waals surface area contributed by atoms with Crippen LogP contribution in [0.2, 0.25) is 0 Å². The molecule has 0 rings (SSSR count). The van der Waals surface area contributed by atoms with E-state index in [0.29, 0.717) is 26.4 Å². The number of nitrogens with two attached hydrogens (primary N) is 2. The predicted octanol–water partition coefficient (Wildman–Crippen LogP) is 1.13. The van der Waals surface area contributed by atoms with Crippen LogP contribution in [-0.4, -0.2) is 38.5 Å². The molecule has 16 heavy (non-hydrogen) atoms. The number of rotatable bonds is 9. The summed E-state index contributed by atoms with van der Waals surface area (Å²) in [5.41, 5.74) is 11.3. The van der Waals surface area contributed by atoms with Gasteiger partial charge in [0, 0.05) is 17.5 Å². The lowest BCUT2D eigenvalue weighted by atomic mass is 9.90. The molecule has 0 aliphatic heterocycles. The molecule has 0 saturated heterocycles. The Morgan fingerprint density at radius 3 is 1.62 bits per heavy atom. The van der Waals surface area contributed by atoms with Crippen molar-refractivity contribution < 1.29 is 9.47 Å². The lowest BCUT2D eigenvalue weighted by Gasteiger charge is -2.28. The van der Waals surface area contributed by atoms with E-state index in [-0.39, 0.29) is 17.5 Å². The maximum atomic E-state index is 5.63. The largest absolute Gasteiger partial charge is 0.379 e. The van der Waals surface area contributed by atoms with E-state index in [1.807, 2.05) is 13.8 Å². The summed E-state index contributed by atoms with van der Waals surface area (Å²) in [5.74, 6) is 0. The summed E-state index contributed by atoms with van der Waals surface area (Å²) in [5, 5.41) is 0. The van der Waals surface area contributed by atoms with Gasteiger partial charge in [0.2, 0.25) is 0 Å². The zero-order valence-electron chi connectivity index (χ0n) is 11.2. The third-order valence-corrected chi connectivity index (χ3v) is 2.52. The molecule has 2 atom stereocenters. The molecule has 0 aromatic carbocycles. The maximum Gasteiger partial charge on any atom is 0.0615 e. The molecule has 0 radical (unpaired) electrons. The Balaban J connectivity index is 3.81. The van der Waals surface area contributed by atoms with Gasteiger partial charge >= 0.3 is 0 Å². The molecular weight excluding hydrogens is 204 g/mol. The van der Waals surface area contributed by atoms with Gasteiger partial charge in [0.25, 0.3) is 0 Å². The molecule has 0 aliphatic rings. The van der Waals surface area contributed by atoms with E-state index in [4.69, 9.17) is 20.9 Å². The first-order valence-corrected chi connectivity index (χ1v) is 6.06. The van der Waals surface area contributed by atoms with Crippen molar-refractivity contribution in [2.24, 2.45) is 16.9 Å². The van der Waals surface area contributed by atoms with Gasteiger partial charge < -0.3 is 20.9 Å². The Labute approximate surface area is 99.7 Å². The fraction of sp³-hybridized carbons (Fsp3) is 1.00. The van der Waals surface area contributed by atoms with E-state index in [1.54, 1.807) is 0 Å². The molecule has 4 N–H and O–H groups in total. The molecular formula is C12H28N2O2. The van der Waals surface area contributed by atoms with Gasteiger partial charge in [-0.3, -0.25) is 0 Å². The highest BCUT2D eigenvalue weighted by molar-refractivity contribution is 4.72. The van der Waals surface area contributed by atoms with Crippen molar-refractivity contribution in [3.8, 4) is 0 Å². The summed E-state index contributed by atoms with van der Waals surface area (Å²) >= 11 is 0. The zero-order chi connectivity index (χ0) is 12.6.